The van der Waals surface area contributed by atoms with Crippen LogP contribution in [0.5, 0.6) is 0 Å². The van der Waals surface area contributed by atoms with Crippen molar-refractivity contribution in [1.82, 2.24) is 0 Å². The smallest absolute Gasteiger partial charge is 0.192 e. The van der Waals surface area contributed by atoms with Crippen LogP contribution in [0.15, 0.2) is 0 Å². The molecule has 0 unspecified atom stereocenters. The van der Waals surface area contributed by atoms with Crippen molar-refractivity contribution < 1.29 is 96.4 Å². The van der Waals surface area contributed by atoms with Gasteiger partial charge in [-0.3, -0.25) is 0 Å². The Labute approximate surface area is 224 Å². The largest absolute Gasteiger partial charge is 0.542 e. The first-order valence-electron chi connectivity index (χ1n) is 10.3. The molecule has 0 spiro atoms. The summed E-state index contributed by atoms with van der Waals surface area (Å²) in [5, 5.41) is 0.100. The summed E-state index contributed by atoms with van der Waals surface area (Å²) in [5.41, 5.74) is -1.34. The Morgan fingerprint density at radius 1 is 1.07 bits per heavy atom. The minimum absolute atomic E-state index is 0. The minimum atomic E-state index is -1.98. The molecule has 0 amide bonds. The summed E-state index contributed by atoms with van der Waals surface area (Å²) in [5.74, 6) is 0. The SMILES string of the molecule is [2H]C[C@@]12CO[C@@H]([CH-]O1)[C@@H]2OCOC[C@@]12CO[C@@H]([CH-]O1)[C@@H]2O[Si](C)(C)C(C)(C)C.[U].[U]. The average Bonchev–Trinajstić information content (AvgIpc) is 3.36. The Morgan fingerprint density at radius 2 is 1.72 bits per heavy atom. The normalized spacial score (nSPS) is 41.2. The number of hydrogen-bond donors (Lipinski definition) is 0. The summed E-state index contributed by atoms with van der Waals surface area (Å²) in [7, 11) is -1.98. The molecule has 0 aromatic rings. The van der Waals surface area contributed by atoms with Gasteiger partial charge in [0.25, 0.3) is 0 Å². The van der Waals surface area contributed by atoms with E-state index in [2.05, 4.69) is 33.9 Å². The predicted molar refractivity (Wildman–Crippen MR) is 99.1 cm³/mol. The zero-order valence-corrected chi connectivity index (χ0v) is 27.2. The van der Waals surface area contributed by atoms with Crippen molar-refractivity contribution in [1.29, 1.82) is 0 Å². The van der Waals surface area contributed by atoms with E-state index in [0.717, 1.165) is 0 Å². The van der Waals surface area contributed by atoms with Crippen molar-refractivity contribution in [3.63, 3.8) is 0 Å². The monoisotopic (exact) mass is 877 g/mol. The molecule has 4 saturated heterocycles. The Kier molecular flexibility index (Phi) is 8.60. The van der Waals surface area contributed by atoms with Crippen LogP contribution >= 0.6 is 0 Å². The quantitative estimate of drug-likeness (QED) is 0.169. The van der Waals surface area contributed by atoms with Gasteiger partial charge in [-0.25, -0.2) is 0 Å². The molecule has 7 nitrogen and oxygen atoms in total. The second-order valence-electron chi connectivity index (χ2n) is 9.54. The zero-order chi connectivity index (χ0) is 20.2. The molecule has 0 aromatic carbocycles. The van der Waals surface area contributed by atoms with Crippen molar-refractivity contribution in [2.45, 2.75) is 81.4 Å². The third kappa shape index (κ3) is 5.10. The van der Waals surface area contributed by atoms with Crippen molar-refractivity contribution in [2.24, 2.45) is 0 Å². The van der Waals surface area contributed by atoms with Gasteiger partial charge in [0.15, 0.2) is 8.32 Å². The van der Waals surface area contributed by atoms with Gasteiger partial charge in [-0.2, -0.15) is 13.2 Å². The Morgan fingerprint density at radius 3 is 2.28 bits per heavy atom. The molecular weight excluding hydrogens is 844 g/mol. The van der Waals surface area contributed by atoms with Gasteiger partial charge in [-0.1, -0.05) is 20.8 Å². The maximum atomic E-state index is 7.75. The van der Waals surface area contributed by atoms with Crippen LogP contribution in [0.2, 0.25) is 18.1 Å². The molecule has 4 heterocycles. The molecular formula is C19H32O7SiU2-2. The fourth-order valence-corrected chi connectivity index (χ4v) is 4.99. The summed E-state index contributed by atoms with van der Waals surface area (Å²) < 4.78 is 49.1. The number of fused-ring (bicyclic) bond motifs is 4. The van der Waals surface area contributed by atoms with E-state index in [1.54, 1.807) is 13.2 Å². The van der Waals surface area contributed by atoms with Crippen LogP contribution in [-0.4, -0.2) is 70.5 Å². The predicted octanol–water partition coefficient (Wildman–Crippen LogP) is 2.42. The van der Waals surface area contributed by atoms with Gasteiger partial charge in [0.2, 0.25) is 0 Å². The van der Waals surface area contributed by atoms with Crippen LogP contribution in [-0.2, 0) is 32.8 Å². The van der Waals surface area contributed by atoms with E-state index in [9.17, 15) is 0 Å². The molecule has 4 aliphatic rings. The second kappa shape index (κ2) is 9.73. The summed E-state index contributed by atoms with van der Waals surface area (Å²) in [4.78, 5) is 0. The molecule has 164 valence electrons. The van der Waals surface area contributed by atoms with Crippen LogP contribution in [0, 0.1) is 75.4 Å². The maximum absolute atomic E-state index is 7.75. The number of hydrogen-bond acceptors (Lipinski definition) is 7. The fraction of sp³-hybridized carbons (Fsp3) is 0.895. The maximum Gasteiger partial charge on any atom is 0.192 e. The molecule has 10 heteroatoms. The van der Waals surface area contributed by atoms with E-state index in [4.69, 9.17) is 34.2 Å². The molecule has 0 N–H and O–H groups in total. The summed E-state index contributed by atoms with van der Waals surface area (Å²) in [6.07, 6.45) is -0.884. The van der Waals surface area contributed by atoms with Gasteiger partial charge >= 0.3 is 0 Å². The van der Waals surface area contributed by atoms with Crippen molar-refractivity contribution in [2.75, 3.05) is 26.6 Å². The molecule has 6 atom stereocenters. The third-order valence-electron chi connectivity index (χ3n) is 6.45. The number of rotatable bonds is 7. The van der Waals surface area contributed by atoms with Crippen LogP contribution in [0.3, 0.4) is 0 Å². The Bertz CT molecular complexity index is 576. The molecule has 4 aliphatic heterocycles. The first-order valence-corrected chi connectivity index (χ1v) is 12.5. The van der Waals surface area contributed by atoms with Crippen LogP contribution in [0.4, 0.5) is 0 Å². The van der Waals surface area contributed by atoms with E-state index in [1.807, 2.05) is 0 Å². The molecule has 0 aliphatic carbocycles. The van der Waals surface area contributed by atoms with E-state index in [-0.39, 0.29) is 105 Å². The van der Waals surface area contributed by atoms with Gasteiger partial charge in [-0.15, -0.1) is 0 Å². The molecule has 4 bridgehead atoms. The first-order chi connectivity index (χ1) is 13.1. The van der Waals surface area contributed by atoms with Gasteiger partial charge in [0, 0.05) is 63.6 Å². The molecule has 0 aromatic heterocycles. The van der Waals surface area contributed by atoms with Crippen molar-refractivity contribution >= 4 is 8.32 Å². The Hall–Kier alpha value is 2.04. The molecule has 4 fully saturated rings. The fourth-order valence-electron chi connectivity index (χ4n) is 3.65. The molecule has 4 rings (SSSR count). The summed E-state index contributed by atoms with van der Waals surface area (Å²) in [6, 6.07) is 0. The molecule has 0 radical (unpaired) electrons. The van der Waals surface area contributed by atoms with E-state index in [1.165, 1.54) is 0 Å². The topological polar surface area (TPSA) is 64.6 Å². The van der Waals surface area contributed by atoms with Crippen LogP contribution in [0.25, 0.3) is 0 Å². The zero-order valence-electron chi connectivity index (χ0n) is 18.9. The van der Waals surface area contributed by atoms with Gasteiger partial charge in [-0.05, 0) is 37.2 Å². The molecule has 0 saturated carbocycles. The average molecular weight is 878 g/mol. The standard InChI is InChI=1S/C19H32O7Si.2U/c1-17(2,3)27(5,6)26-16-14-8-25-19(16,11-22-14)10-20-12-23-15-13-7-24-18(15,4)9-21-13;;/h7-8,13-16H,9-12H2,1-6H3;;/q-2;;/t13-,14-,15-,16-,18-,19-;;/m0../s1/i4D;;. The van der Waals surface area contributed by atoms with Gasteiger partial charge < -0.3 is 32.8 Å². The molecule has 29 heavy (non-hydrogen) atoms. The second-order valence-corrected chi connectivity index (χ2v) is 14.3. The van der Waals surface area contributed by atoms with Crippen LogP contribution < -0.4 is 0 Å². The van der Waals surface area contributed by atoms with E-state index < -0.39 is 19.5 Å². The van der Waals surface area contributed by atoms with E-state index >= 15 is 0 Å². The first kappa shape index (κ1) is 25.7. The minimum Gasteiger partial charge on any atom is -0.542 e. The van der Waals surface area contributed by atoms with Gasteiger partial charge in [0.05, 0.1) is 37.6 Å². The van der Waals surface area contributed by atoms with Crippen molar-refractivity contribution in [3.8, 4) is 0 Å². The van der Waals surface area contributed by atoms with Crippen LogP contribution in [0.1, 0.15) is 29.0 Å². The summed E-state index contributed by atoms with van der Waals surface area (Å²) >= 11 is 0. The van der Waals surface area contributed by atoms with E-state index in [0.29, 0.717) is 19.8 Å². The number of ether oxygens (including phenoxy) is 6. The van der Waals surface area contributed by atoms with Gasteiger partial charge in [0.1, 0.15) is 12.4 Å². The van der Waals surface area contributed by atoms with Crippen molar-refractivity contribution in [3.05, 3.63) is 13.2 Å². The third-order valence-corrected chi connectivity index (χ3v) is 10.9. The summed E-state index contributed by atoms with van der Waals surface area (Å²) in [6.45, 7) is 15.8. The Balaban J connectivity index is 0.00000160.